The largest absolute Gasteiger partial charge is 0.497 e. The molecule has 1 atom stereocenters. The van der Waals surface area contributed by atoms with E-state index < -0.39 is 17.7 Å². The Morgan fingerprint density at radius 1 is 1.17 bits per heavy atom. The number of carbonyl (C=O) groups is 2. The smallest absolute Gasteiger partial charge is 0.408 e. The Hall–Kier alpha value is -2.24. The molecule has 0 saturated heterocycles. The lowest BCUT2D eigenvalue weighted by Crippen LogP contribution is -2.36. The highest BCUT2D eigenvalue weighted by Crippen LogP contribution is 2.21. The van der Waals surface area contributed by atoms with Crippen LogP contribution in [0.25, 0.3) is 0 Å². The van der Waals surface area contributed by atoms with Gasteiger partial charge in [0.05, 0.1) is 26.2 Å². The summed E-state index contributed by atoms with van der Waals surface area (Å²) < 4.78 is 15.3. The lowest BCUT2D eigenvalue weighted by Gasteiger charge is -2.23. The topological polar surface area (TPSA) is 73.9 Å². The molecule has 1 N–H and O–H groups in total. The summed E-state index contributed by atoms with van der Waals surface area (Å²) in [5.41, 5.74) is 0.156. The van der Waals surface area contributed by atoms with E-state index in [2.05, 4.69) is 5.32 Å². The van der Waals surface area contributed by atoms with Gasteiger partial charge in [0.15, 0.2) is 0 Å². The first-order chi connectivity index (χ1) is 10.7. The Kier molecular flexibility index (Phi) is 6.88. The molecule has 0 fully saturated rings. The number of esters is 1. The molecule has 1 rings (SSSR count). The van der Waals surface area contributed by atoms with Crippen LogP contribution in [0.5, 0.6) is 5.75 Å². The van der Waals surface area contributed by atoms with Gasteiger partial charge in [-0.05, 0) is 45.4 Å². The van der Waals surface area contributed by atoms with Crippen LogP contribution in [0, 0.1) is 0 Å². The number of hydrogen-bond acceptors (Lipinski definition) is 5. The maximum atomic E-state index is 12.0. The van der Waals surface area contributed by atoms with Crippen molar-refractivity contribution in [3.8, 4) is 5.75 Å². The Labute approximate surface area is 137 Å². The third-order valence-corrected chi connectivity index (χ3v) is 2.89. The van der Waals surface area contributed by atoms with Gasteiger partial charge >= 0.3 is 12.1 Å². The Morgan fingerprint density at radius 2 is 1.78 bits per heavy atom. The van der Waals surface area contributed by atoms with Crippen molar-refractivity contribution < 1.29 is 23.8 Å². The molecule has 0 aliphatic rings. The van der Waals surface area contributed by atoms with Crippen LogP contribution in [0.4, 0.5) is 4.79 Å². The number of alkyl carbamates (subject to hydrolysis) is 1. The monoisotopic (exact) mass is 323 g/mol. The number of ether oxygens (including phenoxy) is 3. The molecule has 1 aromatic rings. The van der Waals surface area contributed by atoms with Crippen molar-refractivity contribution in [3.63, 3.8) is 0 Å². The van der Waals surface area contributed by atoms with Crippen LogP contribution >= 0.6 is 0 Å². The third kappa shape index (κ3) is 7.04. The molecule has 0 saturated carbocycles. The van der Waals surface area contributed by atoms with E-state index in [1.54, 1.807) is 59.1 Å². The average molecular weight is 323 g/mol. The molecule has 128 valence electrons. The molecule has 1 unspecified atom stereocenters. The minimum Gasteiger partial charge on any atom is -0.497 e. The summed E-state index contributed by atoms with van der Waals surface area (Å²) in [4.78, 5) is 23.8. The van der Waals surface area contributed by atoms with E-state index in [4.69, 9.17) is 14.2 Å². The molecule has 6 heteroatoms. The van der Waals surface area contributed by atoms with E-state index in [1.807, 2.05) is 0 Å². The van der Waals surface area contributed by atoms with Gasteiger partial charge in [-0.1, -0.05) is 12.1 Å². The first-order valence-electron chi connectivity index (χ1n) is 7.54. The molecule has 1 aromatic carbocycles. The number of amides is 1. The van der Waals surface area contributed by atoms with Crippen LogP contribution in [-0.2, 0) is 14.3 Å². The lowest BCUT2D eigenvalue weighted by molar-refractivity contribution is -0.143. The molecule has 6 nitrogen and oxygen atoms in total. The van der Waals surface area contributed by atoms with Gasteiger partial charge in [-0.15, -0.1) is 0 Å². The van der Waals surface area contributed by atoms with E-state index in [0.29, 0.717) is 12.4 Å². The second kappa shape index (κ2) is 8.41. The van der Waals surface area contributed by atoms with Gasteiger partial charge in [0.2, 0.25) is 0 Å². The zero-order valence-corrected chi connectivity index (χ0v) is 14.3. The standard InChI is InChI=1S/C17H25NO5/c1-6-22-15(19)11-14(18-16(20)23-17(2,3)4)12-7-9-13(21-5)10-8-12/h7-10,14H,6,11H2,1-5H3,(H,18,20). The molecular weight excluding hydrogens is 298 g/mol. The maximum absolute atomic E-state index is 12.0. The predicted molar refractivity (Wildman–Crippen MR) is 86.4 cm³/mol. The molecule has 0 aromatic heterocycles. The third-order valence-electron chi connectivity index (χ3n) is 2.89. The predicted octanol–water partition coefficient (Wildman–Crippen LogP) is 3.21. The molecule has 0 spiro atoms. The van der Waals surface area contributed by atoms with Crippen molar-refractivity contribution in [2.24, 2.45) is 0 Å². The summed E-state index contributed by atoms with van der Waals surface area (Å²) >= 11 is 0. The van der Waals surface area contributed by atoms with Crippen LogP contribution in [0.1, 0.15) is 45.7 Å². The molecule has 23 heavy (non-hydrogen) atoms. The normalized spacial score (nSPS) is 12.2. The molecule has 1 amide bonds. The highest BCUT2D eigenvalue weighted by atomic mass is 16.6. The van der Waals surface area contributed by atoms with Crippen LogP contribution in [0.15, 0.2) is 24.3 Å². The number of nitrogens with one attached hydrogen (secondary N) is 1. The van der Waals surface area contributed by atoms with Crippen LogP contribution < -0.4 is 10.1 Å². The van der Waals surface area contributed by atoms with Crippen LogP contribution in [0.2, 0.25) is 0 Å². The molecule has 0 heterocycles. The number of rotatable bonds is 6. The van der Waals surface area contributed by atoms with Gasteiger partial charge in [0, 0.05) is 0 Å². The van der Waals surface area contributed by atoms with Gasteiger partial charge in [-0.3, -0.25) is 4.79 Å². The molecule has 0 bridgehead atoms. The number of hydrogen-bond donors (Lipinski definition) is 1. The Morgan fingerprint density at radius 3 is 2.26 bits per heavy atom. The van der Waals surface area contributed by atoms with Gasteiger partial charge in [0.25, 0.3) is 0 Å². The van der Waals surface area contributed by atoms with Crippen molar-refractivity contribution in [1.29, 1.82) is 0 Å². The molecular formula is C17H25NO5. The zero-order valence-electron chi connectivity index (χ0n) is 14.3. The van der Waals surface area contributed by atoms with Gasteiger partial charge in [-0.25, -0.2) is 4.79 Å². The quantitative estimate of drug-likeness (QED) is 0.814. The van der Waals surface area contributed by atoms with Crippen LogP contribution in [-0.4, -0.2) is 31.4 Å². The number of carbonyl (C=O) groups excluding carboxylic acids is 2. The van der Waals surface area contributed by atoms with E-state index in [0.717, 1.165) is 5.56 Å². The Balaban J connectivity index is 2.87. The van der Waals surface area contributed by atoms with E-state index >= 15 is 0 Å². The summed E-state index contributed by atoms with van der Waals surface area (Å²) in [6.45, 7) is 7.36. The second-order valence-electron chi connectivity index (χ2n) is 5.98. The van der Waals surface area contributed by atoms with Gasteiger partial charge in [-0.2, -0.15) is 0 Å². The van der Waals surface area contributed by atoms with E-state index in [9.17, 15) is 9.59 Å². The van der Waals surface area contributed by atoms with Gasteiger partial charge in [0.1, 0.15) is 11.4 Å². The van der Waals surface area contributed by atoms with Crippen molar-refractivity contribution in [2.75, 3.05) is 13.7 Å². The summed E-state index contributed by atoms with van der Waals surface area (Å²) in [5, 5.41) is 2.71. The SMILES string of the molecule is CCOC(=O)CC(NC(=O)OC(C)(C)C)c1ccc(OC)cc1. The molecule has 0 aliphatic carbocycles. The summed E-state index contributed by atoms with van der Waals surface area (Å²) in [6.07, 6.45) is -0.554. The first-order valence-corrected chi connectivity index (χ1v) is 7.54. The molecule has 0 aliphatic heterocycles. The van der Waals surface area contributed by atoms with Gasteiger partial charge < -0.3 is 19.5 Å². The summed E-state index contributed by atoms with van der Waals surface area (Å²) in [5.74, 6) is 0.310. The average Bonchev–Trinajstić information content (AvgIpc) is 2.45. The minimum absolute atomic E-state index is 0.0272. The van der Waals surface area contributed by atoms with Crippen molar-refractivity contribution in [2.45, 2.75) is 45.8 Å². The minimum atomic E-state index is -0.613. The Bertz CT molecular complexity index is 519. The highest BCUT2D eigenvalue weighted by molar-refractivity contribution is 5.73. The number of benzene rings is 1. The van der Waals surface area contributed by atoms with E-state index in [1.165, 1.54) is 0 Å². The van der Waals surface area contributed by atoms with Crippen molar-refractivity contribution >= 4 is 12.1 Å². The summed E-state index contributed by atoms with van der Waals surface area (Å²) in [7, 11) is 1.57. The van der Waals surface area contributed by atoms with E-state index in [-0.39, 0.29) is 12.4 Å². The fourth-order valence-corrected chi connectivity index (χ4v) is 1.92. The zero-order chi connectivity index (χ0) is 17.5. The fourth-order valence-electron chi connectivity index (χ4n) is 1.92. The highest BCUT2D eigenvalue weighted by Gasteiger charge is 2.23. The first kappa shape index (κ1) is 18.8. The molecule has 0 radical (unpaired) electrons. The van der Waals surface area contributed by atoms with Crippen molar-refractivity contribution in [1.82, 2.24) is 5.32 Å². The maximum Gasteiger partial charge on any atom is 0.408 e. The second-order valence-corrected chi connectivity index (χ2v) is 5.98. The number of methoxy groups -OCH3 is 1. The lowest BCUT2D eigenvalue weighted by atomic mass is 10.0. The fraction of sp³-hybridized carbons (Fsp3) is 0.529. The van der Waals surface area contributed by atoms with Crippen molar-refractivity contribution in [3.05, 3.63) is 29.8 Å². The van der Waals surface area contributed by atoms with Crippen LogP contribution in [0.3, 0.4) is 0 Å². The summed E-state index contributed by atoms with van der Waals surface area (Å²) in [6, 6.07) is 6.59.